The average molecular weight is 298 g/mol. The van der Waals surface area contributed by atoms with Crippen LogP contribution in [0.1, 0.15) is 17.1 Å². The second-order valence-electron chi connectivity index (χ2n) is 4.55. The van der Waals surface area contributed by atoms with Crippen molar-refractivity contribution in [1.29, 1.82) is 0 Å². The summed E-state index contributed by atoms with van der Waals surface area (Å²) < 4.78 is 6.90. The van der Waals surface area contributed by atoms with E-state index in [9.17, 15) is 4.79 Å². The Morgan fingerprint density at radius 1 is 1.32 bits per heavy atom. The number of imidazole rings is 1. The number of carbonyl (C=O) groups is 1. The van der Waals surface area contributed by atoms with Gasteiger partial charge in [-0.15, -0.1) is 0 Å². The Kier molecular flexibility index (Phi) is 4.19. The summed E-state index contributed by atoms with van der Waals surface area (Å²) in [4.78, 5) is 24.0. The second-order valence-corrected chi connectivity index (χ2v) is 4.55. The standard InChI is InChI=1S/C14H14N6O2/c21-13(17-6-3-8-20-9-7-15-10-20)14-18-12(19-22-14)11-4-1-2-5-16-11/h1-2,4-5,7,9-10H,3,6,8H2,(H,17,21). The van der Waals surface area contributed by atoms with Crippen molar-refractivity contribution < 1.29 is 9.32 Å². The molecule has 0 aromatic carbocycles. The summed E-state index contributed by atoms with van der Waals surface area (Å²) in [5.41, 5.74) is 0.561. The molecule has 0 aliphatic heterocycles. The topological polar surface area (TPSA) is 98.7 Å². The third-order valence-corrected chi connectivity index (χ3v) is 2.95. The van der Waals surface area contributed by atoms with Crippen molar-refractivity contribution in [3.63, 3.8) is 0 Å². The molecule has 3 aromatic rings. The van der Waals surface area contributed by atoms with Crippen LogP contribution < -0.4 is 5.32 Å². The summed E-state index contributed by atoms with van der Waals surface area (Å²) in [6.07, 6.45) is 7.74. The van der Waals surface area contributed by atoms with Crippen LogP contribution in [0.2, 0.25) is 0 Å². The van der Waals surface area contributed by atoms with Crippen molar-refractivity contribution in [3.05, 3.63) is 49.0 Å². The predicted molar refractivity (Wildman–Crippen MR) is 76.7 cm³/mol. The summed E-state index contributed by atoms with van der Waals surface area (Å²) in [6.45, 7) is 1.29. The minimum Gasteiger partial charge on any atom is -0.348 e. The zero-order valence-corrected chi connectivity index (χ0v) is 11.7. The van der Waals surface area contributed by atoms with E-state index < -0.39 is 0 Å². The lowest BCUT2D eigenvalue weighted by Crippen LogP contribution is -2.25. The number of nitrogens with zero attached hydrogens (tertiary/aromatic N) is 5. The van der Waals surface area contributed by atoms with Gasteiger partial charge >= 0.3 is 11.8 Å². The smallest absolute Gasteiger partial charge is 0.316 e. The molecule has 0 spiro atoms. The fourth-order valence-corrected chi connectivity index (χ4v) is 1.87. The molecule has 1 amide bonds. The van der Waals surface area contributed by atoms with Crippen molar-refractivity contribution in [2.75, 3.05) is 6.54 Å². The Hall–Kier alpha value is -3.03. The first kappa shape index (κ1) is 13.9. The van der Waals surface area contributed by atoms with Gasteiger partial charge in [-0.25, -0.2) is 4.98 Å². The van der Waals surface area contributed by atoms with E-state index in [0.717, 1.165) is 13.0 Å². The normalized spacial score (nSPS) is 10.5. The van der Waals surface area contributed by atoms with Gasteiger partial charge in [0.25, 0.3) is 0 Å². The molecule has 0 saturated heterocycles. The van der Waals surface area contributed by atoms with Crippen LogP contribution in [-0.2, 0) is 6.54 Å². The lowest BCUT2D eigenvalue weighted by Gasteiger charge is -2.02. The van der Waals surface area contributed by atoms with E-state index in [2.05, 4.69) is 25.4 Å². The molecule has 8 nitrogen and oxygen atoms in total. The van der Waals surface area contributed by atoms with Gasteiger partial charge in [-0.3, -0.25) is 9.78 Å². The molecular formula is C14H14N6O2. The first-order valence-electron chi connectivity index (χ1n) is 6.82. The van der Waals surface area contributed by atoms with E-state index in [1.165, 1.54) is 0 Å². The van der Waals surface area contributed by atoms with E-state index in [-0.39, 0.29) is 11.8 Å². The van der Waals surface area contributed by atoms with E-state index in [1.807, 2.05) is 16.8 Å². The number of rotatable bonds is 6. The molecule has 3 rings (SSSR count). The van der Waals surface area contributed by atoms with Gasteiger partial charge < -0.3 is 14.4 Å². The fraction of sp³-hybridized carbons (Fsp3) is 0.214. The highest BCUT2D eigenvalue weighted by Crippen LogP contribution is 2.11. The highest BCUT2D eigenvalue weighted by molar-refractivity contribution is 5.89. The summed E-state index contributed by atoms with van der Waals surface area (Å²) >= 11 is 0. The van der Waals surface area contributed by atoms with Crippen molar-refractivity contribution in [2.24, 2.45) is 0 Å². The molecule has 0 aliphatic rings. The molecular weight excluding hydrogens is 284 g/mol. The lowest BCUT2D eigenvalue weighted by molar-refractivity contribution is 0.0909. The molecule has 3 heterocycles. The molecule has 0 aliphatic carbocycles. The molecule has 112 valence electrons. The molecule has 3 aromatic heterocycles. The number of pyridine rings is 1. The zero-order chi connectivity index (χ0) is 15.2. The number of hydrogen-bond donors (Lipinski definition) is 1. The zero-order valence-electron chi connectivity index (χ0n) is 11.7. The minimum atomic E-state index is -0.389. The van der Waals surface area contributed by atoms with E-state index in [4.69, 9.17) is 4.52 Å². The maximum Gasteiger partial charge on any atom is 0.316 e. The SMILES string of the molecule is O=C(NCCCn1ccnc1)c1nc(-c2ccccn2)no1. The molecule has 0 bridgehead atoms. The molecule has 8 heteroatoms. The first-order valence-corrected chi connectivity index (χ1v) is 6.82. The summed E-state index contributed by atoms with van der Waals surface area (Å²) in [6, 6.07) is 5.35. The van der Waals surface area contributed by atoms with Crippen LogP contribution in [-0.4, -0.2) is 37.1 Å². The molecule has 0 radical (unpaired) electrons. The van der Waals surface area contributed by atoms with Crippen LogP contribution in [0.4, 0.5) is 0 Å². The Labute approximate surface area is 126 Å². The molecule has 0 fully saturated rings. The summed E-state index contributed by atoms with van der Waals surface area (Å²) in [5, 5.41) is 6.49. The number of carbonyl (C=O) groups excluding carboxylic acids is 1. The number of aromatic nitrogens is 5. The summed E-state index contributed by atoms with van der Waals surface area (Å²) in [5.74, 6) is -0.159. The minimum absolute atomic E-state index is 0.0664. The lowest BCUT2D eigenvalue weighted by atomic mass is 10.3. The van der Waals surface area contributed by atoms with Gasteiger partial charge in [0.1, 0.15) is 5.69 Å². The second kappa shape index (κ2) is 6.61. The third-order valence-electron chi connectivity index (χ3n) is 2.95. The van der Waals surface area contributed by atoms with Crippen LogP contribution in [0, 0.1) is 0 Å². The van der Waals surface area contributed by atoms with Crippen molar-refractivity contribution in [3.8, 4) is 11.5 Å². The first-order chi connectivity index (χ1) is 10.8. The fourth-order valence-electron chi connectivity index (χ4n) is 1.87. The van der Waals surface area contributed by atoms with Gasteiger partial charge in [-0.05, 0) is 18.6 Å². The van der Waals surface area contributed by atoms with Crippen LogP contribution in [0.3, 0.4) is 0 Å². The maximum absolute atomic E-state index is 11.9. The number of amides is 1. The predicted octanol–water partition coefficient (Wildman–Crippen LogP) is 1.15. The van der Waals surface area contributed by atoms with E-state index >= 15 is 0 Å². The molecule has 22 heavy (non-hydrogen) atoms. The van der Waals surface area contributed by atoms with E-state index in [0.29, 0.717) is 18.1 Å². The molecule has 0 atom stereocenters. The largest absolute Gasteiger partial charge is 0.348 e. The number of nitrogens with one attached hydrogen (secondary N) is 1. The van der Waals surface area contributed by atoms with Gasteiger partial charge in [0.2, 0.25) is 5.82 Å². The van der Waals surface area contributed by atoms with Crippen LogP contribution in [0.5, 0.6) is 0 Å². The Bertz CT molecular complexity index is 723. The number of hydrogen-bond acceptors (Lipinski definition) is 6. The van der Waals surface area contributed by atoms with Gasteiger partial charge in [0.05, 0.1) is 6.33 Å². The maximum atomic E-state index is 11.9. The van der Waals surface area contributed by atoms with Crippen LogP contribution in [0.15, 0.2) is 47.6 Å². The molecule has 1 N–H and O–H groups in total. The summed E-state index contributed by atoms with van der Waals surface area (Å²) in [7, 11) is 0. The molecule has 0 unspecified atom stereocenters. The average Bonchev–Trinajstić information content (AvgIpc) is 3.24. The Balaban J connectivity index is 1.51. The van der Waals surface area contributed by atoms with Crippen molar-refractivity contribution in [1.82, 2.24) is 30.0 Å². The number of aryl methyl sites for hydroxylation is 1. The van der Waals surface area contributed by atoms with Gasteiger partial charge in [0.15, 0.2) is 0 Å². The van der Waals surface area contributed by atoms with Crippen LogP contribution in [0.25, 0.3) is 11.5 Å². The van der Waals surface area contributed by atoms with Crippen LogP contribution >= 0.6 is 0 Å². The molecule has 0 saturated carbocycles. The van der Waals surface area contributed by atoms with Crippen molar-refractivity contribution >= 4 is 5.91 Å². The van der Waals surface area contributed by atoms with E-state index in [1.54, 1.807) is 30.9 Å². The van der Waals surface area contributed by atoms with Gasteiger partial charge in [-0.2, -0.15) is 4.98 Å². The quantitative estimate of drug-likeness (QED) is 0.685. The van der Waals surface area contributed by atoms with Crippen molar-refractivity contribution in [2.45, 2.75) is 13.0 Å². The highest BCUT2D eigenvalue weighted by Gasteiger charge is 2.15. The monoisotopic (exact) mass is 298 g/mol. The third kappa shape index (κ3) is 3.35. The Morgan fingerprint density at radius 3 is 3.05 bits per heavy atom. The van der Waals surface area contributed by atoms with Gasteiger partial charge in [-0.1, -0.05) is 11.2 Å². The van der Waals surface area contributed by atoms with Gasteiger partial charge in [0, 0.05) is 31.7 Å². The Morgan fingerprint density at radius 2 is 2.27 bits per heavy atom. The highest BCUT2D eigenvalue weighted by atomic mass is 16.5.